The van der Waals surface area contributed by atoms with E-state index in [9.17, 15) is 4.39 Å². The van der Waals surface area contributed by atoms with Crippen LogP contribution in [0.25, 0.3) is 0 Å². The maximum atomic E-state index is 13.8. The minimum Gasteiger partial charge on any atom is -0.496 e. The lowest BCUT2D eigenvalue weighted by Crippen LogP contribution is -2.30. The Hall–Kier alpha value is -1.99. The number of thiocarbonyl (C=S) groups is 1. The van der Waals surface area contributed by atoms with Gasteiger partial charge in [0.05, 0.1) is 18.3 Å². The molecule has 2 N–H and O–H groups in total. The second-order valence-electron chi connectivity index (χ2n) is 4.28. The summed E-state index contributed by atoms with van der Waals surface area (Å²) in [6.45, 7) is 0.432. The zero-order valence-electron chi connectivity index (χ0n) is 11.8. The van der Waals surface area contributed by atoms with Crippen LogP contribution >= 0.6 is 23.8 Å². The van der Waals surface area contributed by atoms with Crippen LogP contribution in [0.3, 0.4) is 0 Å². The summed E-state index contributed by atoms with van der Waals surface area (Å²) < 4.78 is 18.9. The van der Waals surface area contributed by atoms with Gasteiger partial charge in [-0.3, -0.25) is 0 Å². The quantitative estimate of drug-likeness (QED) is 0.816. The van der Waals surface area contributed by atoms with Gasteiger partial charge in [-0.2, -0.15) is 5.10 Å². The number of benzene rings is 1. The molecule has 0 fully saturated rings. The van der Waals surface area contributed by atoms with Gasteiger partial charge in [0.1, 0.15) is 11.6 Å². The third-order valence-corrected chi connectivity index (χ3v) is 3.41. The smallest absolute Gasteiger partial charge is 0.173 e. The number of ether oxygens (including phenoxy) is 1. The first kappa shape index (κ1) is 16.4. The van der Waals surface area contributed by atoms with E-state index >= 15 is 0 Å². The van der Waals surface area contributed by atoms with Gasteiger partial charge in [-0.15, -0.1) is 5.10 Å². The number of anilines is 1. The molecule has 5 nitrogen and oxygen atoms in total. The van der Waals surface area contributed by atoms with Crippen molar-refractivity contribution in [1.29, 1.82) is 0 Å². The van der Waals surface area contributed by atoms with Crippen LogP contribution in [-0.2, 0) is 6.42 Å². The molecule has 0 aliphatic heterocycles. The maximum absolute atomic E-state index is 13.8. The highest BCUT2D eigenvalue weighted by Gasteiger charge is 2.09. The average Bonchev–Trinajstić information content (AvgIpc) is 2.51. The predicted molar refractivity (Wildman–Crippen MR) is 87.9 cm³/mol. The van der Waals surface area contributed by atoms with Crippen molar-refractivity contribution in [3.63, 3.8) is 0 Å². The van der Waals surface area contributed by atoms with E-state index in [-0.39, 0.29) is 5.82 Å². The lowest BCUT2D eigenvalue weighted by Gasteiger charge is -2.12. The third kappa shape index (κ3) is 4.25. The molecule has 2 aromatic rings. The monoisotopic (exact) mass is 340 g/mol. The van der Waals surface area contributed by atoms with E-state index < -0.39 is 0 Å². The highest BCUT2D eigenvalue weighted by Crippen LogP contribution is 2.21. The van der Waals surface area contributed by atoms with Crippen LogP contribution in [0, 0.1) is 5.82 Å². The van der Waals surface area contributed by atoms with Gasteiger partial charge < -0.3 is 15.4 Å². The van der Waals surface area contributed by atoms with Crippen molar-refractivity contribution in [2.45, 2.75) is 6.42 Å². The SMILES string of the molecule is COc1cccc(F)c1CCNC(=S)Nc1nnccc1Cl. The fourth-order valence-electron chi connectivity index (χ4n) is 1.83. The Labute approximate surface area is 137 Å². The molecule has 0 saturated heterocycles. The van der Waals surface area contributed by atoms with Crippen molar-refractivity contribution in [3.05, 3.63) is 46.9 Å². The van der Waals surface area contributed by atoms with Gasteiger partial charge in [-0.25, -0.2) is 4.39 Å². The molecule has 0 saturated carbocycles. The molecule has 0 radical (unpaired) electrons. The van der Waals surface area contributed by atoms with Crippen molar-refractivity contribution in [1.82, 2.24) is 15.5 Å². The Balaban J connectivity index is 1.89. The van der Waals surface area contributed by atoms with E-state index in [4.69, 9.17) is 28.6 Å². The standard InChI is InChI=1S/C14H14ClFN4OS/c1-21-12-4-2-3-11(16)9(12)5-7-17-14(22)19-13-10(15)6-8-18-20-13/h2-4,6,8H,5,7H2,1H3,(H2,17,19,20,22). The average molecular weight is 341 g/mol. The van der Waals surface area contributed by atoms with Gasteiger partial charge in [0, 0.05) is 12.1 Å². The number of hydrogen-bond acceptors (Lipinski definition) is 4. The Morgan fingerprint density at radius 1 is 1.41 bits per heavy atom. The highest BCUT2D eigenvalue weighted by molar-refractivity contribution is 7.80. The Morgan fingerprint density at radius 3 is 2.95 bits per heavy atom. The zero-order valence-corrected chi connectivity index (χ0v) is 13.3. The number of methoxy groups -OCH3 is 1. The number of halogens is 2. The predicted octanol–water partition coefficient (Wildman–Crippen LogP) is 2.81. The van der Waals surface area contributed by atoms with Gasteiger partial charge in [0.15, 0.2) is 10.9 Å². The first-order chi connectivity index (χ1) is 10.6. The van der Waals surface area contributed by atoms with Crippen molar-refractivity contribution >= 4 is 34.7 Å². The number of nitrogens with one attached hydrogen (secondary N) is 2. The fraction of sp³-hybridized carbons (Fsp3) is 0.214. The van der Waals surface area contributed by atoms with Crippen LogP contribution in [0.15, 0.2) is 30.5 Å². The van der Waals surface area contributed by atoms with Gasteiger partial charge in [-0.05, 0) is 36.8 Å². The van der Waals surface area contributed by atoms with Crippen molar-refractivity contribution in [2.75, 3.05) is 19.0 Å². The maximum Gasteiger partial charge on any atom is 0.173 e. The molecule has 0 atom stereocenters. The molecule has 0 unspecified atom stereocenters. The minimum absolute atomic E-state index is 0.308. The topological polar surface area (TPSA) is 59.1 Å². The number of hydrogen-bond donors (Lipinski definition) is 2. The molecule has 116 valence electrons. The molecular weight excluding hydrogens is 327 g/mol. The molecule has 1 aromatic heterocycles. The van der Waals surface area contributed by atoms with Crippen LogP contribution in [0.4, 0.5) is 10.2 Å². The van der Waals surface area contributed by atoms with E-state index in [0.29, 0.717) is 40.2 Å². The number of nitrogens with zero attached hydrogens (tertiary/aromatic N) is 2. The number of aromatic nitrogens is 2. The summed E-state index contributed by atoms with van der Waals surface area (Å²) in [7, 11) is 1.51. The largest absolute Gasteiger partial charge is 0.496 e. The third-order valence-electron chi connectivity index (χ3n) is 2.86. The molecule has 1 aromatic carbocycles. The molecule has 1 heterocycles. The molecule has 8 heteroatoms. The summed E-state index contributed by atoms with van der Waals surface area (Å²) in [5, 5.41) is 14.1. The summed E-state index contributed by atoms with van der Waals surface area (Å²) >= 11 is 11.1. The summed E-state index contributed by atoms with van der Waals surface area (Å²) in [5.74, 6) is 0.569. The second kappa shape index (κ2) is 7.86. The molecule has 2 rings (SSSR count). The van der Waals surface area contributed by atoms with Crippen LogP contribution in [0.5, 0.6) is 5.75 Å². The lowest BCUT2D eigenvalue weighted by molar-refractivity contribution is 0.404. The van der Waals surface area contributed by atoms with Gasteiger partial charge in [0.2, 0.25) is 0 Å². The molecule has 0 aliphatic carbocycles. The molecule has 22 heavy (non-hydrogen) atoms. The second-order valence-corrected chi connectivity index (χ2v) is 5.09. The Bertz CT molecular complexity index is 671. The Morgan fingerprint density at radius 2 is 2.23 bits per heavy atom. The zero-order chi connectivity index (χ0) is 15.9. The van der Waals surface area contributed by atoms with Crippen molar-refractivity contribution < 1.29 is 9.13 Å². The highest BCUT2D eigenvalue weighted by atomic mass is 35.5. The lowest BCUT2D eigenvalue weighted by atomic mass is 10.1. The molecule has 0 spiro atoms. The van der Waals surface area contributed by atoms with E-state index in [1.807, 2.05) is 0 Å². The normalized spacial score (nSPS) is 10.1. The molecule has 0 bridgehead atoms. The van der Waals surface area contributed by atoms with Gasteiger partial charge in [-0.1, -0.05) is 17.7 Å². The number of rotatable bonds is 5. The van der Waals surface area contributed by atoms with E-state index in [0.717, 1.165) is 0 Å². The first-order valence-electron chi connectivity index (χ1n) is 6.45. The van der Waals surface area contributed by atoms with E-state index in [2.05, 4.69) is 20.8 Å². The first-order valence-corrected chi connectivity index (χ1v) is 7.24. The minimum atomic E-state index is -0.308. The summed E-state index contributed by atoms with van der Waals surface area (Å²) in [5.41, 5.74) is 0.498. The Kier molecular flexibility index (Phi) is 5.85. The molecular formula is C14H14ClFN4OS. The molecule has 0 amide bonds. The summed E-state index contributed by atoms with van der Waals surface area (Å²) in [6, 6.07) is 6.32. The van der Waals surface area contributed by atoms with Crippen molar-refractivity contribution in [3.8, 4) is 5.75 Å². The fourth-order valence-corrected chi connectivity index (χ4v) is 2.17. The van der Waals surface area contributed by atoms with Crippen LogP contribution in [0.1, 0.15) is 5.56 Å². The summed E-state index contributed by atoms with van der Waals surface area (Å²) in [4.78, 5) is 0. The summed E-state index contributed by atoms with van der Waals surface area (Å²) in [6.07, 6.45) is 1.90. The van der Waals surface area contributed by atoms with Crippen molar-refractivity contribution in [2.24, 2.45) is 0 Å². The van der Waals surface area contributed by atoms with Crippen LogP contribution in [0.2, 0.25) is 5.02 Å². The van der Waals surface area contributed by atoms with Gasteiger partial charge in [0.25, 0.3) is 0 Å². The van der Waals surface area contributed by atoms with Crippen LogP contribution < -0.4 is 15.4 Å². The van der Waals surface area contributed by atoms with Gasteiger partial charge >= 0.3 is 0 Å². The van der Waals surface area contributed by atoms with Crippen LogP contribution in [-0.4, -0.2) is 29.0 Å². The molecule has 0 aliphatic rings. The van der Waals surface area contributed by atoms with E-state index in [1.165, 1.54) is 19.4 Å². The van der Waals surface area contributed by atoms with E-state index in [1.54, 1.807) is 18.2 Å².